The number of nitrogens with zero attached hydrogens (tertiary/aromatic N) is 2. The summed E-state index contributed by atoms with van der Waals surface area (Å²) in [4.78, 5) is 32.0. The van der Waals surface area contributed by atoms with Gasteiger partial charge in [-0.15, -0.1) is 0 Å². The maximum atomic E-state index is 13.1. The van der Waals surface area contributed by atoms with Crippen LogP contribution in [0.2, 0.25) is 0 Å². The Morgan fingerprint density at radius 1 is 1.04 bits per heavy atom. The lowest BCUT2D eigenvalue weighted by atomic mass is 10.0. The predicted molar refractivity (Wildman–Crippen MR) is 108 cm³/mol. The number of aryl methyl sites for hydroxylation is 1. The van der Waals surface area contributed by atoms with E-state index >= 15 is 0 Å². The van der Waals surface area contributed by atoms with E-state index in [-0.39, 0.29) is 5.91 Å². The summed E-state index contributed by atoms with van der Waals surface area (Å²) >= 11 is 0. The molecule has 0 saturated heterocycles. The zero-order chi connectivity index (χ0) is 19.7. The van der Waals surface area contributed by atoms with Gasteiger partial charge in [0, 0.05) is 23.8 Å². The largest absolute Gasteiger partial charge is 0.449 e. The van der Waals surface area contributed by atoms with Crippen molar-refractivity contribution in [2.24, 2.45) is 0 Å². The SMILES string of the molecule is C[C@H](OC(=O)c1c2c(nc3ccccc13)CCC2)C(=O)N(C)c1ccccc1. The lowest BCUT2D eigenvalue weighted by Crippen LogP contribution is -2.37. The number of likely N-dealkylation sites (N-methyl/N-ethyl adjacent to an activating group) is 1. The van der Waals surface area contributed by atoms with Gasteiger partial charge in [0.2, 0.25) is 0 Å². The number of benzene rings is 2. The normalized spacial score (nSPS) is 13.8. The Kier molecular flexibility index (Phi) is 4.82. The highest BCUT2D eigenvalue weighted by Gasteiger charge is 2.28. The molecule has 28 heavy (non-hydrogen) atoms. The van der Waals surface area contributed by atoms with Gasteiger partial charge in [0.25, 0.3) is 5.91 Å². The molecule has 5 heteroatoms. The molecule has 0 aliphatic heterocycles. The summed E-state index contributed by atoms with van der Waals surface area (Å²) in [6.07, 6.45) is 1.77. The van der Waals surface area contributed by atoms with Gasteiger partial charge in [-0.3, -0.25) is 9.78 Å². The minimum Gasteiger partial charge on any atom is -0.449 e. The van der Waals surface area contributed by atoms with Gasteiger partial charge in [-0.2, -0.15) is 0 Å². The molecule has 2 aromatic carbocycles. The molecule has 0 saturated carbocycles. The van der Waals surface area contributed by atoms with Crippen molar-refractivity contribution in [3.8, 4) is 0 Å². The lowest BCUT2D eigenvalue weighted by Gasteiger charge is -2.22. The highest BCUT2D eigenvalue weighted by molar-refractivity contribution is 6.06. The number of fused-ring (bicyclic) bond motifs is 2. The van der Waals surface area contributed by atoms with Gasteiger partial charge in [-0.05, 0) is 49.9 Å². The van der Waals surface area contributed by atoms with Crippen LogP contribution < -0.4 is 4.90 Å². The molecule has 0 radical (unpaired) electrons. The van der Waals surface area contributed by atoms with E-state index in [1.807, 2.05) is 54.6 Å². The molecule has 142 valence electrons. The molecule has 0 unspecified atom stereocenters. The molecule has 0 bridgehead atoms. The van der Waals surface area contributed by atoms with E-state index < -0.39 is 12.1 Å². The second-order valence-electron chi connectivity index (χ2n) is 7.06. The van der Waals surface area contributed by atoms with Crippen molar-refractivity contribution >= 4 is 28.5 Å². The van der Waals surface area contributed by atoms with Crippen LogP contribution in [0, 0.1) is 0 Å². The first-order valence-corrected chi connectivity index (χ1v) is 9.50. The summed E-state index contributed by atoms with van der Waals surface area (Å²) in [6.45, 7) is 1.61. The zero-order valence-electron chi connectivity index (χ0n) is 16.0. The zero-order valence-corrected chi connectivity index (χ0v) is 16.0. The van der Waals surface area contributed by atoms with Gasteiger partial charge >= 0.3 is 5.97 Å². The fourth-order valence-electron chi connectivity index (χ4n) is 3.77. The number of pyridine rings is 1. The predicted octanol–water partition coefficient (Wildman–Crippen LogP) is 3.93. The van der Waals surface area contributed by atoms with Crippen LogP contribution in [0.25, 0.3) is 10.9 Å². The molecular formula is C23H22N2O3. The third-order valence-electron chi connectivity index (χ3n) is 5.23. The molecule has 0 N–H and O–H groups in total. The minimum absolute atomic E-state index is 0.269. The van der Waals surface area contributed by atoms with E-state index in [1.54, 1.807) is 14.0 Å². The molecule has 1 aliphatic carbocycles. The number of amides is 1. The highest BCUT2D eigenvalue weighted by Crippen LogP contribution is 2.30. The maximum Gasteiger partial charge on any atom is 0.339 e. The number of aromatic nitrogens is 1. The van der Waals surface area contributed by atoms with E-state index in [0.717, 1.165) is 47.1 Å². The molecule has 3 aromatic rings. The van der Waals surface area contributed by atoms with Crippen LogP contribution in [-0.2, 0) is 22.4 Å². The summed E-state index contributed by atoms with van der Waals surface area (Å²) in [7, 11) is 1.68. The second kappa shape index (κ2) is 7.43. The number of hydrogen-bond donors (Lipinski definition) is 0. The smallest absolute Gasteiger partial charge is 0.339 e. The topological polar surface area (TPSA) is 59.5 Å². The molecule has 4 rings (SSSR count). The van der Waals surface area contributed by atoms with Crippen LogP contribution in [0.15, 0.2) is 54.6 Å². The van der Waals surface area contributed by atoms with Crippen LogP contribution in [0.3, 0.4) is 0 Å². The van der Waals surface area contributed by atoms with Crippen molar-refractivity contribution in [2.45, 2.75) is 32.3 Å². The first-order valence-electron chi connectivity index (χ1n) is 9.50. The van der Waals surface area contributed by atoms with E-state index in [2.05, 4.69) is 0 Å². The van der Waals surface area contributed by atoms with Crippen LogP contribution in [0.1, 0.15) is 35.0 Å². The summed E-state index contributed by atoms with van der Waals surface area (Å²) < 4.78 is 5.62. The minimum atomic E-state index is -0.887. The third kappa shape index (κ3) is 3.24. The Morgan fingerprint density at radius 3 is 2.54 bits per heavy atom. The van der Waals surface area contributed by atoms with Gasteiger partial charge in [0.15, 0.2) is 6.10 Å². The summed E-state index contributed by atoms with van der Waals surface area (Å²) in [5, 5.41) is 0.782. The molecule has 0 fully saturated rings. The average Bonchev–Trinajstić information content (AvgIpc) is 3.19. The first-order chi connectivity index (χ1) is 13.6. The van der Waals surface area contributed by atoms with Crippen LogP contribution in [-0.4, -0.2) is 30.0 Å². The summed E-state index contributed by atoms with van der Waals surface area (Å²) in [5.41, 5.74) is 4.02. The number of para-hydroxylation sites is 2. The van der Waals surface area contributed by atoms with Crippen molar-refractivity contribution in [2.75, 3.05) is 11.9 Å². The van der Waals surface area contributed by atoms with Crippen molar-refractivity contribution < 1.29 is 14.3 Å². The van der Waals surface area contributed by atoms with E-state index in [0.29, 0.717) is 5.56 Å². The molecule has 5 nitrogen and oxygen atoms in total. The molecule has 1 amide bonds. The third-order valence-corrected chi connectivity index (χ3v) is 5.23. The van der Waals surface area contributed by atoms with E-state index in [4.69, 9.17) is 9.72 Å². The van der Waals surface area contributed by atoms with Crippen molar-refractivity contribution in [3.63, 3.8) is 0 Å². The number of ether oxygens (including phenoxy) is 1. The number of rotatable bonds is 4. The standard InChI is InChI=1S/C23H22N2O3/c1-15(22(26)25(2)16-9-4-3-5-10-16)28-23(27)21-17-11-6-7-13-19(17)24-20-14-8-12-18(20)21/h3-7,9-11,13,15H,8,12,14H2,1-2H3/t15-/m0/s1. The molecule has 0 spiro atoms. The van der Waals surface area contributed by atoms with Gasteiger partial charge in [-0.1, -0.05) is 36.4 Å². The number of hydrogen-bond acceptors (Lipinski definition) is 4. The van der Waals surface area contributed by atoms with E-state index in [9.17, 15) is 9.59 Å². The van der Waals surface area contributed by atoms with Gasteiger partial charge in [0.05, 0.1) is 11.1 Å². The Morgan fingerprint density at radius 2 is 1.75 bits per heavy atom. The molecule has 1 atom stereocenters. The average molecular weight is 374 g/mol. The molecular weight excluding hydrogens is 352 g/mol. The van der Waals surface area contributed by atoms with Crippen LogP contribution in [0.5, 0.6) is 0 Å². The molecule has 1 heterocycles. The van der Waals surface area contributed by atoms with Crippen molar-refractivity contribution in [1.29, 1.82) is 0 Å². The van der Waals surface area contributed by atoms with Gasteiger partial charge in [-0.25, -0.2) is 4.79 Å². The van der Waals surface area contributed by atoms with Gasteiger partial charge < -0.3 is 9.64 Å². The van der Waals surface area contributed by atoms with Gasteiger partial charge in [0.1, 0.15) is 0 Å². The maximum absolute atomic E-state index is 13.1. The fraction of sp³-hybridized carbons (Fsp3) is 0.261. The Hall–Kier alpha value is -3.21. The van der Waals surface area contributed by atoms with Crippen LogP contribution >= 0.6 is 0 Å². The fourth-order valence-corrected chi connectivity index (χ4v) is 3.77. The van der Waals surface area contributed by atoms with Crippen LogP contribution in [0.4, 0.5) is 5.69 Å². The number of carbonyl (C=O) groups is 2. The lowest BCUT2D eigenvalue weighted by molar-refractivity contribution is -0.126. The Bertz CT molecular complexity index is 1050. The summed E-state index contributed by atoms with van der Waals surface area (Å²) in [5.74, 6) is -0.728. The first kappa shape index (κ1) is 18.2. The number of anilines is 1. The quantitative estimate of drug-likeness (QED) is 0.649. The molecule has 1 aliphatic rings. The Balaban J connectivity index is 1.61. The monoisotopic (exact) mass is 374 g/mol. The molecule has 1 aromatic heterocycles. The van der Waals surface area contributed by atoms with Crippen molar-refractivity contribution in [3.05, 3.63) is 71.4 Å². The number of esters is 1. The second-order valence-corrected chi connectivity index (χ2v) is 7.06. The number of carbonyl (C=O) groups excluding carboxylic acids is 2. The Labute approximate surface area is 163 Å². The van der Waals surface area contributed by atoms with E-state index in [1.165, 1.54) is 4.90 Å². The highest BCUT2D eigenvalue weighted by atomic mass is 16.5. The van der Waals surface area contributed by atoms with Crippen molar-refractivity contribution in [1.82, 2.24) is 4.98 Å². The summed E-state index contributed by atoms with van der Waals surface area (Å²) in [6, 6.07) is 16.9.